The maximum atomic E-state index is 5.78. The van der Waals surface area contributed by atoms with Gasteiger partial charge in [-0.05, 0) is 43.4 Å². The summed E-state index contributed by atoms with van der Waals surface area (Å²) in [7, 11) is 1.82. The summed E-state index contributed by atoms with van der Waals surface area (Å²) in [6.45, 7) is 1.69. The molecule has 110 valence electrons. The highest BCUT2D eigenvalue weighted by Gasteiger charge is 2.22. The second kappa shape index (κ2) is 6.46. The minimum absolute atomic E-state index is 0.422. The van der Waals surface area contributed by atoms with Gasteiger partial charge >= 0.3 is 0 Å². The molecule has 0 bridgehead atoms. The van der Waals surface area contributed by atoms with Gasteiger partial charge in [0, 0.05) is 36.2 Å². The monoisotopic (exact) mass is 339 g/mol. The van der Waals surface area contributed by atoms with E-state index in [1.54, 1.807) is 0 Å². The lowest BCUT2D eigenvalue weighted by Gasteiger charge is -2.29. The second-order valence-corrected chi connectivity index (χ2v) is 6.67. The summed E-state index contributed by atoms with van der Waals surface area (Å²) in [5, 5.41) is 3.68. The van der Waals surface area contributed by atoms with E-state index in [2.05, 4.69) is 33.4 Å². The number of hydrogen-bond acceptors (Lipinski definition) is 3. The van der Waals surface area contributed by atoms with Crippen LogP contribution in [-0.4, -0.2) is 25.9 Å². The zero-order chi connectivity index (χ0) is 13.9. The number of halogens is 1. The molecule has 3 rings (SSSR count). The van der Waals surface area contributed by atoms with E-state index in [0.717, 1.165) is 36.2 Å². The van der Waals surface area contributed by atoms with Gasteiger partial charge in [0.2, 0.25) is 0 Å². The first-order valence-corrected chi connectivity index (χ1v) is 8.26. The minimum Gasteiger partial charge on any atom is -0.493 e. The van der Waals surface area contributed by atoms with Gasteiger partial charge in [-0.1, -0.05) is 15.9 Å². The number of ether oxygens (including phenoxy) is 2. The quantitative estimate of drug-likeness (QED) is 0.911. The number of methoxy groups -OCH3 is 1. The van der Waals surface area contributed by atoms with Crippen LogP contribution in [0.2, 0.25) is 0 Å². The van der Waals surface area contributed by atoms with Crippen LogP contribution >= 0.6 is 15.9 Å². The van der Waals surface area contributed by atoms with E-state index in [9.17, 15) is 0 Å². The molecule has 1 saturated carbocycles. The maximum absolute atomic E-state index is 5.78. The lowest BCUT2D eigenvalue weighted by molar-refractivity contribution is 0.0586. The topological polar surface area (TPSA) is 30.5 Å². The van der Waals surface area contributed by atoms with Crippen molar-refractivity contribution in [3.8, 4) is 5.75 Å². The molecule has 1 aliphatic heterocycles. The molecular formula is C16H22BrNO2. The van der Waals surface area contributed by atoms with Crippen molar-refractivity contribution in [2.24, 2.45) is 0 Å². The third-order valence-electron chi connectivity index (χ3n) is 4.37. The van der Waals surface area contributed by atoms with Gasteiger partial charge in [-0.15, -0.1) is 0 Å². The molecule has 1 heterocycles. The molecule has 20 heavy (non-hydrogen) atoms. The summed E-state index contributed by atoms with van der Waals surface area (Å²) in [4.78, 5) is 0. The van der Waals surface area contributed by atoms with E-state index >= 15 is 0 Å². The van der Waals surface area contributed by atoms with Crippen LogP contribution in [-0.2, 0) is 17.7 Å². The number of hydrogen-bond donors (Lipinski definition) is 1. The van der Waals surface area contributed by atoms with Crippen molar-refractivity contribution in [1.82, 2.24) is 5.32 Å². The number of fused-ring (bicyclic) bond motifs is 1. The Kier molecular flexibility index (Phi) is 4.64. The van der Waals surface area contributed by atoms with Gasteiger partial charge in [-0.2, -0.15) is 0 Å². The molecule has 0 radical (unpaired) electrons. The van der Waals surface area contributed by atoms with E-state index in [0.29, 0.717) is 12.1 Å². The fourth-order valence-electron chi connectivity index (χ4n) is 3.28. The van der Waals surface area contributed by atoms with E-state index in [4.69, 9.17) is 9.47 Å². The van der Waals surface area contributed by atoms with Gasteiger partial charge in [0.15, 0.2) is 0 Å². The van der Waals surface area contributed by atoms with Crippen LogP contribution in [0.15, 0.2) is 16.6 Å². The first-order chi connectivity index (χ1) is 9.76. The second-order valence-electron chi connectivity index (χ2n) is 5.75. The molecule has 2 unspecified atom stereocenters. The van der Waals surface area contributed by atoms with Gasteiger partial charge in [0.1, 0.15) is 5.75 Å². The van der Waals surface area contributed by atoms with Gasteiger partial charge in [0.25, 0.3) is 0 Å². The predicted octanol–water partition coefficient (Wildman–Crippen LogP) is 3.43. The van der Waals surface area contributed by atoms with Crippen LogP contribution < -0.4 is 10.1 Å². The van der Waals surface area contributed by atoms with Crippen molar-refractivity contribution in [2.45, 2.75) is 50.8 Å². The van der Waals surface area contributed by atoms with Crippen molar-refractivity contribution < 1.29 is 9.47 Å². The number of nitrogens with one attached hydrogen (secondary N) is 1. The molecule has 4 heteroatoms. The Morgan fingerprint density at radius 3 is 3.15 bits per heavy atom. The molecule has 0 saturated heterocycles. The Bertz CT molecular complexity index is 478. The Hall–Kier alpha value is -0.580. The van der Waals surface area contributed by atoms with Gasteiger partial charge in [-0.3, -0.25) is 0 Å². The summed E-state index contributed by atoms with van der Waals surface area (Å²) >= 11 is 3.60. The van der Waals surface area contributed by atoms with Crippen LogP contribution in [0.4, 0.5) is 0 Å². The summed E-state index contributed by atoms with van der Waals surface area (Å²) in [6, 6.07) is 4.91. The molecule has 3 nitrogen and oxygen atoms in total. The minimum atomic E-state index is 0.422. The molecule has 2 aliphatic rings. The summed E-state index contributed by atoms with van der Waals surface area (Å²) in [5.74, 6) is 1.10. The molecule has 1 aromatic rings. The standard InChI is InChI=1S/C16H22BrNO2/c1-19-15-4-2-3-14(9-15)18-10-12-8-13(17)7-11-5-6-20-16(11)12/h7-8,14-15,18H,2-6,9-10H2,1H3. The molecule has 1 N–H and O–H groups in total. The molecule has 0 aromatic heterocycles. The van der Waals surface area contributed by atoms with E-state index in [-0.39, 0.29) is 0 Å². The van der Waals surface area contributed by atoms with E-state index < -0.39 is 0 Å². The third-order valence-corrected chi connectivity index (χ3v) is 4.82. The predicted molar refractivity (Wildman–Crippen MR) is 83.2 cm³/mol. The van der Waals surface area contributed by atoms with Gasteiger partial charge in [-0.25, -0.2) is 0 Å². The summed E-state index contributed by atoms with van der Waals surface area (Å²) in [6.07, 6.45) is 6.26. The average molecular weight is 340 g/mol. The fraction of sp³-hybridized carbons (Fsp3) is 0.625. The number of benzene rings is 1. The summed E-state index contributed by atoms with van der Waals surface area (Å²) < 4.78 is 12.4. The first-order valence-electron chi connectivity index (χ1n) is 7.46. The van der Waals surface area contributed by atoms with Crippen LogP contribution in [0.1, 0.15) is 36.8 Å². The van der Waals surface area contributed by atoms with Crippen LogP contribution in [0.5, 0.6) is 5.75 Å². The highest BCUT2D eigenvalue weighted by Crippen LogP contribution is 2.33. The van der Waals surface area contributed by atoms with Crippen molar-refractivity contribution in [3.63, 3.8) is 0 Å². The lowest BCUT2D eigenvalue weighted by Crippen LogP contribution is -2.36. The molecule has 2 atom stereocenters. The van der Waals surface area contributed by atoms with Crippen LogP contribution in [0.25, 0.3) is 0 Å². The van der Waals surface area contributed by atoms with Crippen LogP contribution in [0, 0.1) is 0 Å². The first kappa shape index (κ1) is 14.4. The van der Waals surface area contributed by atoms with Crippen molar-refractivity contribution >= 4 is 15.9 Å². The Balaban J connectivity index is 1.64. The van der Waals surface area contributed by atoms with E-state index in [1.165, 1.54) is 30.4 Å². The van der Waals surface area contributed by atoms with E-state index in [1.807, 2.05) is 7.11 Å². The summed E-state index contributed by atoms with van der Waals surface area (Å²) in [5.41, 5.74) is 2.60. The van der Waals surface area contributed by atoms with Gasteiger partial charge < -0.3 is 14.8 Å². The normalized spacial score (nSPS) is 25.3. The fourth-order valence-corrected chi connectivity index (χ4v) is 3.83. The third kappa shape index (κ3) is 3.18. The van der Waals surface area contributed by atoms with Crippen molar-refractivity contribution in [1.29, 1.82) is 0 Å². The lowest BCUT2D eigenvalue weighted by atomic mass is 9.92. The molecular weight excluding hydrogens is 318 g/mol. The van der Waals surface area contributed by atoms with Crippen molar-refractivity contribution in [2.75, 3.05) is 13.7 Å². The molecule has 1 aromatic carbocycles. The molecule has 0 amide bonds. The van der Waals surface area contributed by atoms with Crippen LogP contribution in [0.3, 0.4) is 0 Å². The zero-order valence-electron chi connectivity index (χ0n) is 12.0. The molecule has 0 spiro atoms. The molecule has 1 aliphatic carbocycles. The van der Waals surface area contributed by atoms with Gasteiger partial charge in [0.05, 0.1) is 12.7 Å². The smallest absolute Gasteiger partial charge is 0.127 e. The Morgan fingerprint density at radius 1 is 1.40 bits per heavy atom. The molecule has 1 fully saturated rings. The highest BCUT2D eigenvalue weighted by molar-refractivity contribution is 9.10. The largest absolute Gasteiger partial charge is 0.493 e. The highest BCUT2D eigenvalue weighted by atomic mass is 79.9. The SMILES string of the molecule is COC1CCCC(NCc2cc(Br)cc3c2OCC3)C1. The van der Waals surface area contributed by atoms with Crippen molar-refractivity contribution in [3.05, 3.63) is 27.7 Å². The zero-order valence-corrected chi connectivity index (χ0v) is 13.5. The maximum Gasteiger partial charge on any atom is 0.127 e. The number of rotatable bonds is 4. The average Bonchev–Trinajstić information content (AvgIpc) is 2.93. The Labute approximate surface area is 129 Å². The Morgan fingerprint density at radius 2 is 2.30 bits per heavy atom.